The Morgan fingerprint density at radius 1 is 1.68 bits per heavy atom. The summed E-state index contributed by atoms with van der Waals surface area (Å²) in [6.07, 6.45) is -2.09. The number of ether oxygens (including phenoxy) is 1. The summed E-state index contributed by atoms with van der Waals surface area (Å²) in [4.78, 5) is 15.2. The van der Waals surface area contributed by atoms with Crippen LogP contribution in [0.25, 0.3) is 0 Å². The van der Waals surface area contributed by atoms with Gasteiger partial charge in [-0.3, -0.25) is 4.57 Å². The van der Waals surface area contributed by atoms with Gasteiger partial charge in [0.2, 0.25) is 5.85 Å². The van der Waals surface area contributed by atoms with Gasteiger partial charge in [0, 0.05) is 12.6 Å². The van der Waals surface area contributed by atoms with Gasteiger partial charge in [-0.1, -0.05) is 6.92 Å². The van der Waals surface area contributed by atoms with Crippen LogP contribution in [0.2, 0.25) is 0 Å². The molecule has 2 rings (SSSR count). The van der Waals surface area contributed by atoms with E-state index in [2.05, 4.69) is 4.98 Å². The molecule has 1 aliphatic heterocycles. The van der Waals surface area contributed by atoms with Crippen LogP contribution >= 0.6 is 0 Å². The molecule has 0 spiro atoms. The highest BCUT2D eigenvalue weighted by Gasteiger charge is 2.62. The van der Waals surface area contributed by atoms with E-state index in [1.165, 1.54) is 26.1 Å². The second-order valence-electron chi connectivity index (χ2n) is 4.78. The fraction of sp³-hybridized carbons (Fsp3) is 0.636. The van der Waals surface area contributed by atoms with Gasteiger partial charge in [0.05, 0.1) is 0 Å². The monoisotopic (exact) mass is 273 g/mol. The molecule has 1 aromatic rings. The predicted octanol–water partition coefficient (Wildman–Crippen LogP) is -0.458. The number of rotatable bonds is 2. The SMILES string of the molecule is CCC1(F)OC(n2ccc(N)nc2=O)C(C)(O)C1O. The van der Waals surface area contributed by atoms with Gasteiger partial charge >= 0.3 is 5.69 Å². The van der Waals surface area contributed by atoms with E-state index < -0.39 is 29.5 Å². The zero-order valence-corrected chi connectivity index (χ0v) is 10.6. The Kier molecular flexibility index (Phi) is 3.12. The summed E-state index contributed by atoms with van der Waals surface area (Å²) in [7, 11) is 0. The first-order chi connectivity index (χ1) is 8.72. The summed E-state index contributed by atoms with van der Waals surface area (Å²) in [5, 5.41) is 20.0. The van der Waals surface area contributed by atoms with Gasteiger partial charge in [-0.2, -0.15) is 4.98 Å². The second-order valence-corrected chi connectivity index (χ2v) is 4.78. The lowest BCUT2D eigenvalue weighted by molar-refractivity contribution is -0.188. The summed E-state index contributed by atoms with van der Waals surface area (Å²) in [5.74, 6) is -2.42. The first kappa shape index (κ1) is 13.9. The summed E-state index contributed by atoms with van der Waals surface area (Å²) in [5.41, 5.74) is 2.59. The van der Waals surface area contributed by atoms with Crippen molar-refractivity contribution in [3.63, 3.8) is 0 Å². The van der Waals surface area contributed by atoms with Crippen LogP contribution < -0.4 is 11.4 Å². The highest BCUT2D eigenvalue weighted by Crippen LogP contribution is 2.46. The highest BCUT2D eigenvalue weighted by molar-refractivity contribution is 5.24. The predicted molar refractivity (Wildman–Crippen MR) is 63.8 cm³/mol. The van der Waals surface area contributed by atoms with Crippen molar-refractivity contribution in [3.8, 4) is 0 Å². The van der Waals surface area contributed by atoms with E-state index in [1.807, 2.05) is 0 Å². The molecule has 4 unspecified atom stereocenters. The molecule has 0 aliphatic carbocycles. The average molecular weight is 273 g/mol. The Bertz CT molecular complexity index is 547. The van der Waals surface area contributed by atoms with Crippen LogP contribution in [-0.2, 0) is 4.74 Å². The Balaban J connectivity index is 2.48. The van der Waals surface area contributed by atoms with Crippen LogP contribution in [0.4, 0.5) is 10.2 Å². The largest absolute Gasteiger partial charge is 0.384 e. The number of hydrogen-bond acceptors (Lipinski definition) is 6. The molecular weight excluding hydrogens is 257 g/mol. The van der Waals surface area contributed by atoms with Crippen molar-refractivity contribution in [1.29, 1.82) is 0 Å². The zero-order chi connectivity index (χ0) is 14.4. The Morgan fingerprint density at radius 3 is 2.79 bits per heavy atom. The van der Waals surface area contributed by atoms with Gasteiger partial charge in [-0.25, -0.2) is 9.18 Å². The van der Waals surface area contributed by atoms with E-state index in [1.54, 1.807) is 0 Å². The Hall–Kier alpha value is -1.51. The molecule has 19 heavy (non-hydrogen) atoms. The summed E-state index contributed by atoms with van der Waals surface area (Å²) in [6.45, 7) is 2.66. The van der Waals surface area contributed by atoms with Crippen LogP contribution in [0.1, 0.15) is 26.5 Å². The second kappa shape index (κ2) is 4.26. The van der Waals surface area contributed by atoms with Gasteiger partial charge in [0.15, 0.2) is 6.23 Å². The third kappa shape index (κ3) is 2.01. The van der Waals surface area contributed by atoms with E-state index in [4.69, 9.17) is 10.5 Å². The minimum atomic E-state index is -2.42. The van der Waals surface area contributed by atoms with Crippen LogP contribution in [0.3, 0.4) is 0 Å². The number of aliphatic hydroxyl groups excluding tert-OH is 1. The Morgan fingerprint density at radius 2 is 2.32 bits per heavy atom. The van der Waals surface area contributed by atoms with Crippen LogP contribution in [0.15, 0.2) is 17.1 Å². The van der Waals surface area contributed by atoms with Crippen molar-refractivity contribution in [3.05, 3.63) is 22.7 Å². The van der Waals surface area contributed by atoms with Crippen LogP contribution in [0, 0.1) is 0 Å². The molecule has 0 saturated carbocycles. The first-order valence-electron chi connectivity index (χ1n) is 5.84. The molecule has 4 N–H and O–H groups in total. The lowest BCUT2D eigenvalue weighted by Gasteiger charge is -2.27. The third-order valence-corrected chi connectivity index (χ3v) is 3.36. The maximum Gasteiger partial charge on any atom is 0.351 e. The molecule has 1 fully saturated rings. The van der Waals surface area contributed by atoms with Gasteiger partial charge < -0.3 is 20.7 Å². The van der Waals surface area contributed by atoms with Gasteiger partial charge in [-0.15, -0.1) is 0 Å². The molecule has 1 saturated heterocycles. The first-order valence-corrected chi connectivity index (χ1v) is 5.84. The fourth-order valence-electron chi connectivity index (χ4n) is 2.16. The van der Waals surface area contributed by atoms with Crippen molar-refractivity contribution in [1.82, 2.24) is 9.55 Å². The normalized spacial score (nSPS) is 38.6. The summed E-state index contributed by atoms with van der Waals surface area (Å²) >= 11 is 0. The number of anilines is 1. The van der Waals surface area contributed by atoms with E-state index >= 15 is 0 Å². The topological polar surface area (TPSA) is 111 Å². The molecule has 0 amide bonds. The Labute approximate surface area is 108 Å². The fourth-order valence-corrected chi connectivity index (χ4v) is 2.16. The van der Waals surface area contributed by atoms with Gasteiger partial charge in [-0.05, 0) is 13.0 Å². The smallest absolute Gasteiger partial charge is 0.351 e. The van der Waals surface area contributed by atoms with E-state index in [0.29, 0.717) is 0 Å². The van der Waals surface area contributed by atoms with Crippen molar-refractivity contribution in [2.24, 2.45) is 0 Å². The molecule has 0 aromatic carbocycles. The number of nitrogen functional groups attached to an aromatic ring is 1. The molecule has 1 aliphatic rings. The maximum atomic E-state index is 14.3. The molecule has 8 heteroatoms. The molecular formula is C11H16FN3O4. The molecule has 7 nitrogen and oxygen atoms in total. The molecule has 2 heterocycles. The van der Waals surface area contributed by atoms with E-state index in [-0.39, 0.29) is 12.2 Å². The average Bonchev–Trinajstić information content (AvgIpc) is 2.51. The van der Waals surface area contributed by atoms with Crippen molar-refractivity contribution >= 4 is 5.82 Å². The quantitative estimate of drug-likeness (QED) is 0.672. The number of aliphatic hydroxyl groups is 2. The summed E-state index contributed by atoms with van der Waals surface area (Å²) < 4.78 is 20.2. The molecule has 0 radical (unpaired) electrons. The van der Waals surface area contributed by atoms with Crippen molar-refractivity contribution in [2.75, 3.05) is 5.73 Å². The van der Waals surface area contributed by atoms with Crippen molar-refractivity contribution in [2.45, 2.75) is 44.1 Å². The minimum Gasteiger partial charge on any atom is -0.384 e. The van der Waals surface area contributed by atoms with E-state index in [9.17, 15) is 19.4 Å². The number of alkyl halides is 1. The lowest BCUT2D eigenvalue weighted by atomic mass is 9.94. The standard InChI is InChI=1S/C11H16FN3O4/c1-3-11(12)7(16)10(2,18)8(19-11)15-5-4-6(13)14-9(15)17/h4-5,7-8,16,18H,3H2,1-2H3,(H2,13,14,17). The summed E-state index contributed by atoms with van der Waals surface area (Å²) in [6, 6.07) is 1.32. The van der Waals surface area contributed by atoms with Gasteiger partial charge in [0.1, 0.15) is 17.5 Å². The third-order valence-electron chi connectivity index (χ3n) is 3.36. The highest BCUT2D eigenvalue weighted by atomic mass is 19.2. The number of aromatic nitrogens is 2. The molecule has 4 atom stereocenters. The zero-order valence-electron chi connectivity index (χ0n) is 10.6. The number of nitrogens with zero attached hydrogens (tertiary/aromatic N) is 2. The van der Waals surface area contributed by atoms with Gasteiger partial charge in [0.25, 0.3) is 0 Å². The van der Waals surface area contributed by atoms with Crippen LogP contribution in [-0.4, -0.2) is 37.3 Å². The number of halogens is 1. The molecule has 0 bridgehead atoms. The van der Waals surface area contributed by atoms with E-state index in [0.717, 1.165) is 4.57 Å². The molecule has 1 aromatic heterocycles. The number of hydrogen-bond donors (Lipinski definition) is 3. The molecule has 106 valence electrons. The van der Waals surface area contributed by atoms with Crippen molar-refractivity contribution < 1.29 is 19.3 Å². The van der Waals surface area contributed by atoms with Crippen LogP contribution in [0.5, 0.6) is 0 Å². The lowest BCUT2D eigenvalue weighted by Crippen LogP contribution is -2.48. The minimum absolute atomic E-state index is 0.00133. The number of nitrogens with two attached hydrogens (primary N) is 1. The maximum absolute atomic E-state index is 14.3.